The number of hydrogen-bond donors (Lipinski definition) is 0. The monoisotopic (exact) mass is 290 g/mol. The third-order valence-corrected chi connectivity index (χ3v) is 4.13. The Kier molecular flexibility index (Phi) is 7.27. The number of carbonyl (C=O) groups is 1. The summed E-state index contributed by atoms with van der Waals surface area (Å²) in [5.41, 5.74) is 0. The summed E-state index contributed by atoms with van der Waals surface area (Å²) in [6.07, 6.45) is 3.06. The van der Waals surface area contributed by atoms with E-state index in [1.54, 1.807) is 13.0 Å². The molecule has 0 N–H and O–H groups in total. The van der Waals surface area contributed by atoms with E-state index in [0.29, 0.717) is 17.4 Å². The molecule has 6 heteroatoms. The second-order valence-electron chi connectivity index (χ2n) is 5.27. The Bertz CT molecular complexity index is 373. The van der Waals surface area contributed by atoms with Crippen LogP contribution in [0, 0.1) is 0 Å². The summed E-state index contributed by atoms with van der Waals surface area (Å²) >= 11 is 0. The zero-order valence-electron chi connectivity index (χ0n) is 12.3. The predicted molar refractivity (Wildman–Crippen MR) is 77.0 cm³/mol. The second-order valence-corrected chi connectivity index (χ2v) is 7.51. The Hall–Kier alpha value is -0.900. The van der Waals surface area contributed by atoms with Gasteiger partial charge in [-0.3, -0.25) is 4.52 Å². The number of hydrogen-bond acceptors (Lipinski definition) is 4. The molecule has 0 aromatic rings. The lowest BCUT2D eigenvalue weighted by Crippen LogP contribution is -2.42. The van der Waals surface area contributed by atoms with Gasteiger partial charge in [0.1, 0.15) is 12.6 Å². The molecule has 0 rings (SSSR count). The smallest absolute Gasteiger partial charge is 0.381 e. The lowest BCUT2D eigenvalue weighted by atomic mass is 10.2. The molecule has 2 atom stereocenters. The minimum absolute atomic E-state index is 0.136. The molecule has 0 aliphatic heterocycles. The minimum Gasteiger partial charge on any atom is -0.388 e. The molecule has 0 saturated heterocycles. The topological polar surface area (TPSA) is 52.6 Å². The summed E-state index contributed by atoms with van der Waals surface area (Å²) < 4.78 is 23.4. The maximum atomic E-state index is 12.4. The Labute approximate surface area is 116 Å². The Morgan fingerprint density at radius 2 is 1.95 bits per heavy atom. The van der Waals surface area contributed by atoms with E-state index in [1.807, 2.05) is 21.1 Å². The Balaban J connectivity index is 4.86. The zero-order valence-corrected chi connectivity index (χ0v) is 13.2. The van der Waals surface area contributed by atoms with Crippen LogP contribution in [0.25, 0.3) is 0 Å². The summed E-state index contributed by atoms with van der Waals surface area (Å²) in [5.74, 6) is -0.729. The molecule has 5 nitrogen and oxygen atoms in total. The SMILES string of the molecule is C=CCC(C[N+](C)(C)C)OP(=O)(CC)OC(=O)C=C. The first-order valence-corrected chi connectivity index (χ1v) is 7.93. The molecule has 0 saturated carbocycles. The summed E-state index contributed by atoms with van der Waals surface area (Å²) in [4.78, 5) is 11.2. The van der Waals surface area contributed by atoms with Crippen LogP contribution in [-0.2, 0) is 18.4 Å². The van der Waals surface area contributed by atoms with Crippen molar-refractivity contribution in [2.45, 2.75) is 19.4 Å². The second kappa shape index (κ2) is 7.63. The van der Waals surface area contributed by atoms with Gasteiger partial charge in [-0.15, -0.1) is 6.58 Å². The van der Waals surface area contributed by atoms with Crippen molar-refractivity contribution >= 4 is 13.6 Å². The molecular formula is C13H25NO4P+. The molecule has 0 aliphatic rings. The Morgan fingerprint density at radius 1 is 1.37 bits per heavy atom. The van der Waals surface area contributed by atoms with Crippen molar-refractivity contribution in [3.63, 3.8) is 0 Å². The molecule has 0 fully saturated rings. The standard InChI is InChI=1S/C13H25NO4P/c1-7-10-12(11-14(4,5)6)17-19(16,9-3)18-13(15)8-2/h7-8,12H,1-2,9-11H2,3-6H3/q+1. The molecule has 0 spiro atoms. The van der Waals surface area contributed by atoms with Gasteiger partial charge in [0.25, 0.3) is 0 Å². The van der Waals surface area contributed by atoms with Crippen molar-refractivity contribution in [1.29, 1.82) is 0 Å². The van der Waals surface area contributed by atoms with E-state index in [4.69, 9.17) is 9.05 Å². The Morgan fingerprint density at radius 3 is 2.32 bits per heavy atom. The largest absolute Gasteiger partial charge is 0.388 e. The quantitative estimate of drug-likeness (QED) is 0.283. The lowest BCUT2D eigenvalue weighted by Gasteiger charge is -2.30. The van der Waals surface area contributed by atoms with E-state index >= 15 is 0 Å². The number of rotatable bonds is 9. The van der Waals surface area contributed by atoms with E-state index < -0.39 is 13.6 Å². The van der Waals surface area contributed by atoms with Crippen LogP contribution in [0.15, 0.2) is 25.3 Å². The normalized spacial score (nSPS) is 16.2. The molecule has 0 radical (unpaired) electrons. The van der Waals surface area contributed by atoms with Crippen LogP contribution < -0.4 is 0 Å². The molecule has 19 heavy (non-hydrogen) atoms. The first-order valence-electron chi connectivity index (χ1n) is 6.20. The van der Waals surface area contributed by atoms with Crippen LogP contribution in [0.5, 0.6) is 0 Å². The molecule has 0 bridgehead atoms. The van der Waals surface area contributed by atoms with Crippen LogP contribution in [-0.4, -0.2) is 50.4 Å². The van der Waals surface area contributed by atoms with Gasteiger partial charge in [-0.2, -0.15) is 0 Å². The fourth-order valence-corrected chi connectivity index (χ4v) is 2.79. The predicted octanol–water partition coefficient (Wildman–Crippen LogP) is 2.60. The molecule has 0 heterocycles. The van der Waals surface area contributed by atoms with E-state index in [9.17, 15) is 9.36 Å². The third kappa shape index (κ3) is 7.98. The molecular weight excluding hydrogens is 265 g/mol. The van der Waals surface area contributed by atoms with Crippen molar-refractivity contribution in [2.75, 3.05) is 33.8 Å². The summed E-state index contributed by atoms with van der Waals surface area (Å²) in [7, 11) is 2.59. The average molecular weight is 290 g/mol. The maximum Gasteiger partial charge on any atom is 0.381 e. The highest BCUT2D eigenvalue weighted by Gasteiger charge is 2.31. The summed E-state index contributed by atoms with van der Waals surface area (Å²) in [6, 6.07) is 0. The molecule has 2 unspecified atom stereocenters. The fraction of sp³-hybridized carbons (Fsp3) is 0.615. The summed E-state index contributed by atoms with van der Waals surface area (Å²) in [5, 5.41) is 0. The van der Waals surface area contributed by atoms with Crippen molar-refractivity contribution in [3.8, 4) is 0 Å². The van der Waals surface area contributed by atoms with Crippen molar-refractivity contribution in [1.82, 2.24) is 0 Å². The van der Waals surface area contributed by atoms with E-state index in [-0.39, 0.29) is 12.3 Å². The lowest BCUT2D eigenvalue weighted by molar-refractivity contribution is -0.873. The minimum atomic E-state index is -3.42. The highest BCUT2D eigenvalue weighted by molar-refractivity contribution is 7.54. The number of quaternary nitrogens is 1. The first kappa shape index (κ1) is 18.1. The molecule has 0 aliphatic carbocycles. The van der Waals surface area contributed by atoms with Crippen molar-refractivity contribution in [2.24, 2.45) is 0 Å². The van der Waals surface area contributed by atoms with Gasteiger partial charge >= 0.3 is 13.6 Å². The van der Waals surface area contributed by atoms with Gasteiger partial charge in [-0.1, -0.05) is 19.6 Å². The number of carbonyl (C=O) groups excluding carboxylic acids is 1. The van der Waals surface area contributed by atoms with Crippen LogP contribution in [0.4, 0.5) is 0 Å². The summed E-state index contributed by atoms with van der Waals surface area (Å²) in [6.45, 7) is 9.25. The molecule has 0 aromatic carbocycles. The average Bonchev–Trinajstić information content (AvgIpc) is 2.26. The van der Waals surface area contributed by atoms with Crippen molar-refractivity contribution < 1.29 is 22.9 Å². The van der Waals surface area contributed by atoms with Gasteiger partial charge in [0.2, 0.25) is 0 Å². The maximum absolute atomic E-state index is 12.4. The van der Waals surface area contributed by atoms with Crippen LogP contribution in [0.3, 0.4) is 0 Å². The van der Waals surface area contributed by atoms with E-state index in [2.05, 4.69) is 13.2 Å². The van der Waals surface area contributed by atoms with Gasteiger partial charge in [0.05, 0.1) is 27.3 Å². The van der Waals surface area contributed by atoms with Crippen LogP contribution in [0.2, 0.25) is 0 Å². The van der Waals surface area contributed by atoms with Gasteiger partial charge in [0.15, 0.2) is 0 Å². The van der Waals surface area contributed by atoms with Gasteiger partial charge in [-0.05, 0) is 6.42 Å². The van der Waals surface area contributed by atoms with Gasteiger partial charge in [0, 0.05) is 6.08 Å². The first-order chi connectivity index (χ1) is 8.65. The van der Waals surface area contributed by atoms with E-state index in [1.165, 1.54) is 0 Å². The van der Waals surface area contributed by atoms with Crippen LogP contribution >= 0.6 is 7.60 Å². The highest BCUT2D eigenvalue weighted by atomic mass is 31.2. The third-order valence-electron chi connectivity index (χ3n) is 2.27. The van der Waals surface area contributed by atoms with Crippen LogP contribution in [0.1, 0.15) is 13.3 Å². The highest BCUT2D eigenvalue weighted by Crippen LogP contribution is 2.49. The molecule has 0 aromatic heterocycles. The fourth-order valence-electron chi connectivity index (χ4n) is 1.51. The number of nitrogens with zero attached hydrogens (tertiary/aromatic N) is 1. The number of likely N-dealkylation sites (N-methyl/N-ethyl adjacent to an activating group) is 1. The molecule has 110 valence electrons. The van der Waals surface area contributed by atoms with Gasteiger partial charge in [-0.25, -0.2) is 9.36 Å². The van der Waals surface area contributed by atoms with Crippen molar-refractivity contribution in [3.05, 3.63) is 25.3 Å². The van der Waals surface area contributed by atoms with Gasteiger partial charge < -0.3 is 9.01 Å². The molecule has 0 amide bonds. The zero-order chi connectivity index (χ0) is 15.1. The van der Waals surface area contributed by atoms with E-state index in [0.717, 1.165) is 6.08 Å².